The van der Waals surface area contributed by atoms with E-state index < -0.39 is 71.4 Å². The summed E-state index contributed by atoms with van der Waals surface area (Å²) in [6.45, 7) is 4.48. The van der Waals surface area contributed by atoms with Gasteiger partial charge in [0.05, 0.1) is 27.4 Å². The zero-order chi connectivity index (χ0) is 41.1. The van der Waals surface area contributed by atoms with E-state index in [0.717, 1.165) is 5.56 Å². The molecule has 3 aromatic rings. The van der Waals surface area contributed by atoms with Crippen LogP contribution < -0.4 is 30.2 Å². The van der Waals surface area contributed by atoms with Gasteiger partial charge in [0.1, 0.15) is 29.9 Å². The predicted molar refractivity (Wildman–Crippen MR) is 209 cm³/mol. The van der Waals surface area contributed by atoms with E-state index in [4.69, 9.17) is 14.2 Å². The Morgan fingerprint density at radius 3 is 1.66 bits per heavy atom. The molecule has 1 heterocycles. The molecule has 56 heavy (non-hydrogen) atoms. The number of rotatable bonds is 9. The molecule has 0 saturated carbocycles. The number of ether oxygens (including phenoxy) is 3. The summed E-state index contributed by atoms with van der Waals surface area (Å²) < 4.78 is 16.1. The molecule has 1 aliphatic rings. The molecule has 6 atom stereocenters. The van der Waals surface area contributed by atoms with Crippen LogP contribution in [-0.4, -0.2) is 111 Å². The van der Waals surface area contributed by atoms with Crippen molar-refractivity contribution >= 4 is 35.3 Å². The summed E-state index contributed by atoms with van der Waals surface area (Å²) in [4.78, 5) is 86.4. The van der Waals surface area contributed by atoms with Crippen molar-refractivity contribution in [2.24, 2.45) is 5.92 Å². The van der Waals surface area contributed by atoms with Crippen LogP contribution in [0.25, 0.3) is 0 Å². The van der Waals surface area contributed by atoms with Gasteiger partial charge in [0.2, 0.25) is 29.5 Å². The molecule has 300 valence electrons. The molecule has 3 N–H and O–H groups in total. The molecule has 3 aromatic carbocycles. The van der Waals surface area contributed by atoms with E-state index in [1.807, 2.05) is 30.3 Å². The summed E-state index contributed by atoms with van der Waals surface area (Å²) in [6.07, 6.45) is 0.0253. The van der Waals surface area contributed by atoms with Gasteiger partial charge in [0.25, 0.3) is 0 Å². The normalized spacial score (nSPS) is 23.4. The molecule has 1 fully saturated rings. The molecular formula is C42H53N5O9. The van der Waals surface area contributed by atoms with Crippen LogP contribution in [0.4, 0.5) is 0 Å². The lowest BCUT2D eigenvalue weighted by atomic mass is 9.88. The van der Waals surface area contributed by atoms with E-state index in [1.54, 1.807) is 42.5 Å². The topological polar surface area (TPSA) is 173 Å². The van der Waals surface area contributed by atoms with Crippen molar-refractivity contribution in [2.75, 3.05) is 35.4 Å². The van der Waals surface area contributed by atoms with E-state index in [1.165, 1.54) is 66.0 Å². The van der Waals surface area contributed by atoms with Crippen molar-refractivity contribution in [2.45, 2.75) is 76.7 Å². The van der Waals surface area contributed by atoms with E-state index in [-0.39, 0.29) is 25.7 Å². The monoisotopic (exact) mass is 771 g/mol. The first kappa shape index (κ1) is 42.8. The molecule has 0 aliphatic carbocycles. The maximum atomic E-state index is 14.4. The van der Waals surface area contributed by atoms with Gasteiger partial charge < -0.3 is 40.0 Å². The fraction of sp³-hybridized carbons (Fsp3) is 0.429. The van der Waals surface area contributed by atoms with Gasteiger partial charge in [0, 0.05) is 32.9 Å². The Hall–Kier alpha value is -5.92. The minimum Gasteiger partial charge on any atom is -0.497 e. The average Bonchev–Trinajstić information content (AvgIpc) is 3.20. The van der Waals surface area contributed by atoms with Crippen LogP contribution >= 0.6 is 0 Å². The van der Waals surface area contributed by atoms with Gasteiger partial charge >= 0.3 is 0 Å². The van der Waals surface area contributed by atoms with Crippen LogP contribution in [0, 0.1) is 5.92 Å². The van der Waals surface area contributed by atoms with Gasteiger partial charge in [-0.2, -0.15) is 0 Å². The summed E-state index contributed by atoms with van der Waals surface area (Å²) in [5.41, 5.74) is 2.17. The summed E-state index contributed by atoms with van der Waals surface area (Å²) in [7, 11) is 7.48. The van der Waals surface area contributed by atoms with Crippen LogP contribution in [0.5, 0.6) is 17.2 Å². The smallest absolute Gasteiger partial charge is 0.245 e. The fourth-order valence-electron chi connectivity index (χ4n) is 6.71. The first-order valence-electron chi connectivity index (χ1n) is 18.5. The second-order valence-electron chi connectivity index (χ2n) is 14.1. The summed E-state index contributed by atoms with van der Waals surface area (Å²) in [5, 5.41) is 8.16. The lowest BCUT2D eigenvalue weighted by molar-refractivity contribution is -0.144. The minimum atomic E-state index is -1.11. The summed E-state index contributed by atoms with van der Waals surface area (Å²) >= 11 is 0. The number of methoxy groups -OCH3 is 3. The van der Waals surface area contributed by atoms with Gasteiger partial charge in [-0.25, -0.2) is 0 Å². The fourth-order valence-corrected chi connectivity index (χ4v) is 6.71. The Kier molecular flexibility index (Phi) is 15.0. The van der Waals surface area contributed by atoms with Crippen LogP contribution in [0.15, 0.2) is 72.8 Å². The highest BCUT2D eigenvalue weighted by Gasteiger charge is 2.37. The third-order valence-electron chi connectivity index (χ3n) is 10.1. The summed E-state index contributed by atoms with van der Waals surface area (Å²) in [5.74, 6) is -2.76. The third kappa shape index (κ3) is 10.9. The Morgan fingerprint density at radius 1 is 0.554 bits per heavy atom. The summed E-state index contributed by atoms with van der Waals surface area (Å²) in [6, 6.07) is 15.9. The first-order valence-corrected chi connectivity index (χ1v) is 18.5. The first-order chi connectivity index (χ1) is 26.7. The second-order valence-corrected chi connectivity index (χ2v) is 14.1. The van der Waals surface area contributed by atoms with E-state index in [9.17, 15) is 28.8 Å². The lowest BCUT2D eigenvalue weighted by Crippen LogP contribution is -2.59. The Morgan fingerprint density at radius 2 is 1.07 bits per heavy atom. The number of Topliss-reactive ketones (excluding diaryl/α,β-unsaturated/α-hetero) is 1. The molecule has 1 aliphatic heterocycles. The molecule has 14 nitrogen and oxygen atoms in total. The lowest BCUT2D eigenvalue weighted by Gasteiger charge is -2.33. The van der Waals surface area contributed by atoms with E-state index >= 15 is 0 Å². The minimum absolute atomic E-state index is 0.0819. The van der Waals surface area contributed by atoms with Crippen molar-refractivity contribution in [3.8, 4) is 17.2 Å². The average molecular weight is 772 g/mol. The Balaban J connectivity index is 1.74. The molecule has 0 aromatic heterocycles. The van der Waals surface area contributed by atoms with Gasteiger partial charge in [-0.3, -0.25) is 28.8 Å². The van der Waals surface area contributed by atoms with Crippen LogP contribution in [-0.2, 0) is 48.0 Å². The number of nitrogens with one attached hydrogen (secondary N) is 3. The molecule has 4 rings (SSSR count). The van der Waals surface area contributed by atoms with E-state index in [2.05, 4.69) is 16.0 Å². The number of amides is 5. The van der Waals surface area contributed by atoms with Gasteiger partial charge in [0.15, 0.2) is 17.3 Å². The van der Waals surface area contributed by atoms with Crippen molar-refractivity contribution in [3.05, 3.63) is 89.5 Å². The maximum Gasteiger partial charge on any atom is 0.245 e. The standard InChI is InChI=1S/C42H53N5O9/c1-25-38(49)44-26(2)42(53)47(5)34(22-29-14-17-32(54-6)18-15-29)40(51)45-27(3)41(52)46(4)33(21-28-12-10-9-11-13-28)35(48)24-31(39(50)43-25)20-30-16-19-36(55-7)37(23-30)56-8/h9-19,23,25-27,31,33-34H,20-22,24H2,1-8H3,(H,43,50)(H,44,49)(H,45,51)/t25-,26+,27+,31-,33+,34+/m1/s1. The number of carbonyl (C=O) groups is 6. The number of nitrogens with zero attached hydrogens (tertiary/aromatic N) is 2. The Bertz CT molecular complexity index is 1870. The number of likely N-dealkylation sites (N-methyl/N-ethyl adjacent to an activating group) is 2. The SMILES string of the molecule is COc1ccc(C[C@H]2C(=O)N[C@@H](C)C(=O)N(C)[C@@H](Cc3ccccc3)C(=O)C[C@@H](Cc3ccc(OC)c(OC)c3)C(=O)N[C@H](C)C(=O)N[C@@H](C)C(=O)N2C)cc1. The number of ketones is 1. The molecule has 0 spiro atoms. The van der Waals surface area contributed by atoms with Crippen LogP contribution in [0.1, 0.15) is 43.9 Å². The molecule has 0 bridgehead atoms. The maximum absolute atomic E-state index is 14.4. The van der Waals surface area contributed by atoms with Crippen LogP contribution in [0.2, 0.25) is 0 Å². The predicted octanol–water partition coefficient (Wildman–Crippen LogP) is 2.50. The zero-order valence-corrected chi connectivity index (χ0v) is 33.3. The molecule has 0 unspecified atom stereocenters. The number of carbonyl (C=O) groups excluding carboxylic acids is 6. The van der Waals surface area contributed by atoms with Crippen molar-refractivity contribution in [3.63, 3.8) is 0 Å². The highest BCUT2D eigenvalue weighted by Crippen LogP contribution is 2.29. The molecule has 0 radical (unpaired) electrons. The zero-order valence-electron chi connectivity index (χ0n) is 33.3. The van der Waals surface area contributed by atoms with Gasteiger partial charge in [-0.05, 0) is 74.6 Å². The van der Waals surface area contributed by atoms with Crippen molar-refractivity contribution in [1.82, 2.24) is 25.8 Å². The largest absolute Gasteiger partial charge is 0.497 e. The van der Waals surface area contributed by atoms with Gasteiger partial charge in [-0.15, -0.1) is 0 Å². The molecule has 1 saturated heterocycles. The molecular weight excluding hydrogens is 718 g/mol. The van der Waals surface area contributed by atoms with Crippen molar-refractivity contribution in [1.29, 1.82) is 0 Å². The second kappa shape index (κ2) is 19.6. The highest BCUT2D eigenvalue weighted by molar-refractivity contribution is 5.98. The quantitative estimate of drug-likeness (QED) is 0.296. The molecule has 5 amide bonds. The number of benzene rings is 3. The van der Waals surface area contributed by atoms with E-state index in [0.29, 0.717) is 28.4 Å². The van der Waals surface area contributed by atoms with Crippen molar-refractivity contribution < 1.29 is 43.0 Å². The van der Waals surface area contributed by atoms with Crippen LogP contribution in [0.3, 0.4) is 0 Å². The number of hydrogen-bond acceptors (Lipinski definition) is 9. The highest BCUT2D eigenvalue weighted by atomic mass is 16.5. The van der Waals surface area contributed by atoms with Gasteiger partial charge in [-0.1, -0.05) is 48.5 Å². The molecule has 14 heteroatoms. The number of hydrogen-bond donors (Lipinski definition) is 3. The Labute approximate surface area is 328 Å². The third-order valence-corrected chi connectivity index (χ3v) is 10.1.